The number of nitrogens with zero attached hydrogens (tertiary/aromatic N) is 1. The Morgan fingerprint density at radius 3 is 2.88 bits per heavy atom. The maximum atomic E-state index is 11.5. The summed E-state index contributed by atoms with van der Waals surface area (Å²) in [6.45, 7) is 4.29. The maximum Gasteiger partial charge on any atom is 0.338 e. The minimum Gasteiger partial charge on any atom is -0.462 e. The summed E-state index contributed by atoms with van der Waals surface area (Å²) in [5.41, 5.74) is 0.783. The van der Waals surface area contributed by atoms with Crippen molar-refractivity contribution in [3.05, 3.63) is 29.8 Å². The molecule has 0 N–H and O–H groups in total. The summed E-state index contributed by atoms with van der Waals surface area (Å²) in [6.07, 6.45) is 1.42. The molecule has 0 saturated carbocycles. The first-order chi connectivity index (χ1) is 7.63. The number of carbonyl (C=O) groups is 1. The number of ether oxygens (including phenoxy) is 1. The van der Waals surface area contributed by atoms with Gasteiger partial charge in [0.05, 0.1) is 17.9 Å². The van der Waals surface area contributed by atoms with Gasteiger partial charge in [0.2, 0.25) is 6.08 Å². The summed E-state index contributed by atoms with van der Waals surface area (Å²) in [4.78, 5) is 25.0. The van der Waals surface area contributed by atoms with Crippen molar-refractivity contribution in [1.82, 2.24) is 0 Å². The second kappa shape index (κ2) is 5.83. The highest BCUT2D eigenvalue weighted by Crippen LogP contribution is 2.14. The van der Waals surface area contributed by atoms with E-state index in [0.717, 1.165) is 0 Å². The van der Waals surface area contributed by atoms with E-state index in [-0.39, 0.29) is 0 Å². The predicted molar refractivity (Wildman–Crippen MR) is 59.3 cm³/mol. The Morgan fingerprint density at radius 1 is 1.50 bits per heavy atom. The monoisotopic (exact) mass is 219 g/mol. The van der Waals surface area contributed by atoms with Crippen LogP contribution in [-0.4, -0.2) is 18.7 Å². The number of hydrogen-bond acceptors (Lipinski definition) is 4. The lowest BCUT2D eigenvalue weighted by Gasteiger charge is -2.06. The number of aliphatic imine (C=N–C) groups is 1. The van der Waals surface area contributed by atoms with E-state index < -0.39 is 5.97 Å². The molecule has 0 radical (unpaired) electrons. The third kappa shape index (κ3) is 3.67. The fraction of sp³-hybridized carbons (Fsp3) is 0.333. The number of carbonyl (C=O) groups excluding carboxylic acids is 2. The standard InChI is InChI=1S/C12H13NO3/c1-9(2)7-16-12(15)10-4-3-5-11(6-10)13-8-14/h3-6,9H,7H2,1-2H3. The average Bonchev–Trinajstić information content (AvgIpc) is 2.26. The van der Waals surface area contributed by atoms with Gasteiger partial charge in [-0.3, -0.25) is 0 Å². The highest BCUT2D eigenvalue weighted by Gasteiger charge is 2.08. The molecule has 4 nitrogen and oxygen atoms in total. The Morgan fingerprint density at radius 2 is 2.25 bits per heavy atom. The van der Waals surface area contributed by atoms with Gasteiger partial charge in [-0.25, -0.2) is 9.59 Å². The number of hydrogen-bond donors (Lipinski definition) is 0. The van der Waals surface area contributed by atoms with Gasteiger partial charge in [-0.15, -0.1) is 0 Å². The highest BCUT2D eigenvalue weighted by molar-refractivity contribution is 5.90. The second-order valence-electron chi connectivity index (χ2n) is 3.75. The van der Waals surface area contributed by atoms with Gasteiger partial charge < -0.3 is 4.74 Å². The van der Waals surface area contributed by atoms with E-state index in [2.05, 4.69) is 4.99 Å². The van der Waals surface area contributed by atoms with Crippen molar-refractivity contribution in [2.45, 2.75) is 13.8 Å². The van der Waals surface area contributed by atoms with Crippen LogP contribution in [0.5, 0.6) is 0 Å². The number of esters is 1. The summed E-state index contributed by atoms with van der Waals surface area (Å²) in [5, 5.41) is 0. The van der Waals surface area contributed by atoms with Crippen LogP contribution in [0.1, 0.15) is 24.2 Å². The second-order valence-corrected chi connectivity index (χ2v) is 3.75. The van der Waals surface area contributed by atoms with Gasteiger partial charge in [0.15, 0.2) is 0 Å². The molecule has 0 aliphatic heterocycles. The van der Waals surface area contributed by atoms with Gasteiger partial charge in [0, 0.05) is 0 Å². The molecule has 0 saturated heterocycles. The largest absolute Gasteiger partial charge is 0.462 e. The SMILES string of the molecule is CC(C)COC(=O)c1cccc(N=C=O)c1. The lowest BCUT2D eigenvalue weighted by Crippen LogP contribution is -2.09. The maximum absolute atomic E-state index is 11.5. The van der Waals surface area contributed by atoms with Crippen LogP contribution < -0.4 is 0 Å². The van der Waals surface area contributed by atoms with Gasteiger partial charge in [-0.2, -0.15) is 4.99 Å². The van der Waals surface area contributed by atoms with Crippen molar-refractivity contribution >= 4 is 17.7 Å². The summed E-state index contributed by atoms with van der Waals surface area (Å²) in [6, 6.07) is 6.37. The van der Waals surface area contributed by atoms with Crippen molar-refractivity contribution in [2.24, 2.45) is 10.9 Å². The smallest absolute Gasteiger partial charge is 0.338 e. The molecule has 0 fully saturated rings. The third-order valence-corrected chi connectivity index (χ3v) is 1.80. The molecule has 0 aliphatic rings. The summed E-state index contributed by atoms with van der Waals surface area (Å²) in [7, 11) is 0. The fourth-order valence-electron chi connectivity index (χ4n) is 1.08. The first kappa shape index (κ1) is 12.1. The molecular formula is C12H13NO3. The first-order valence-electron chi connectivity index (χ1n) is 4.98. The Bertz CT molecular complexity index is 420. The predicted octanol–water partition coefficient (Wildman–Crippen LogP) is 2.47. The summed E-state index contributed by atoms with van der Waals surface area (Å²) < 4.78 is 5.04. The van der Waals surface area contributed by atoms with Gasteiger partial charge in [-0.1, -0.05) is 19.9 Å². The molecule has 0 heterocycles. The Kier molecular flexibility index (Phi) is 4.42. The molecule has 0 spiro atoms. The summed E-state index contributed by atoms with van der Waals surface area (Å²) >= 11 is 0. The molecule has 1 aromatic carbocycles. The zero-order valence-electron chi connectivity index (χ0n) is 9.27. The zero-order valence-corrected chi connectivity index (χ0v) is 9.27. The van der Waals surface area contributed by atoms with E-state index in [1.165, 1.54) is 12.1 Å². The van der Waals surface area contributed by atoms with E-state index in [4.69, 9.17) is 4.74 Å². The third-order valence-electron chi connectivity index (χ3n) is 1.80. The van der Waals surface area contributed by atoms with E-state index in [9.17, 15) is 9.59 Å². The van der Waals surface area contributed by atoms with E-state index in [1.807, 2.05) is 13.8 Å². The minimum absolute atomic E-state index is 0.292. The molecule has 0 aliphatic carbocycles. The number of isocyanates is 1. The molecule has 0 unspecified atom stereocenters. The lowest BCUT2D eigenvalue weighted by atomic mass is 10.2. The highest BCUT2D eigenvalue weighted by atomic mass is 16.5. The van der Waals surface area contributed by atoms with Crippen LogP contribution in [0, 0.1) is 5.92 Å². The molecule has 1 rings (SSSR count). The van der Waals surface area contributed by atoms with Crippen molar-refractivity contribution in [3.8, 4) is 0 Å². The fourth-order valence-corrected chi connectivity index (χ4v) is 1.08. The zero-order chi connectivity index (χ0) is 12.0. The van der Waals surface area contributed by atoms with Gasteiger partial charge >= 0.3 is 5.97 Å². The Labute approximate surface area is 94.0 Å². The van der Waals surface area contributed by atoms with Crippen molar-refractivity contribution in [1.29, 1.82) is 0 Å². The van der Waals surface area contributed by atoms with Crippen molar-refractivity contribution in [2.75, 3.05) is 6.61 Å². The first-order valence-corrected chi connectivity index (χ1v) is 4.98. The molecule has 1 aromatic rings. The van der Waals surface area contributed by atoms with Crippen LogP contribution in [-0.2, 0) is 9.53 Å². The van der Waals surface area contributed by atoms with E-state index in [1.54, 1.807) is 18.2 Å². The molecule has 16 heavy (non-hydrogen) atoms. The van der Waals surface area contributed by atoms with Crippen LogP contribution in [0.2, 0.25) is 0 Å². The number of benzene rings is 1. The summed E-state index contributed by atoms with van der Waals surface area (Å²) in [5.74, 6) is -0.114. The average molecular weight is 219 g/mol. The van der Waals surface area contributed by atoms with Crippen LogP contribution in [0.25, 0.3) is 0 Å². The molecule has 0 aromatic heterocycles. The normalized spacial score (nSPS) is 9.69. The molecule has 4 heteroatoms. The van der Waals surface area contributed by atoms with Gasteiger partial charge in [-0.05, 0) is 24.1 Å². The molecular weight excluding hydrogens is 206 g/mol. The van der Waals surface area contributed by atoms with Crippen LogP contribution in [0.3, 0.4) is 0 Å². The Hall–Kier alpha value is -1.93. The molecule has 0 atom stereocenters. The molecule has 0 amide bonds. The minimum atomic E-state index is -0.406. The number of rotatable bonds is 4. The van der Waals surface area contributed by atoms with E-state index >= 15 is 0 Å². The molecule has 84 valence electrons. The van der Waals surface area contributed by atoms with E-state index in [0.29, 0.717) is 23.8 Å². The quantitative estimate of drug-likeness (QED) is 0.444. The van der Waals surface area contributed by atoms with Gasteiger partial charge in [0.1, 0.15) is 0 Å². The lowest BCUT2D eigenvalue weighted by molar-refractivity contribution is 0.0459. The van der Waals surface area contributed by atoms with Crippen molar-refractivity contribution < 1.29 is 14.3 Å². The topological polar surface area (TPSA) is 55.7 Å². The molecule has 0 bridgehead atoms. The van der Waals surface area contributed by atoms with Crippen molar-refractivity contribution in [3.63, 3.8) is 0 Å². The van der Waals surface area contributed by atoms with Crippen LogP contribution in [0.15, 0.2) is 29.3 Å². The van der Waals surface area contributed by atoms with Crippen LogP contribution in [0.4, 0.5) is 5.69 Å². The Balaban J connectivity index is 2.75. The van der Waals surface area contributed by atoms with Crippen LogP contribution >= 0.6 is 0 Å². The van der Waals surface area contributed by atoms with Gasteiger partial charge in [0.25, 0.3) is 0 Å².